The van der Waals surface area contributed by atoms with Gasteiger partial charge in [0.15, 0.2) is 5.82 Å². The predicted octanol–water partition coefficient (Wildman–Crippen LogP) is 1.95. The van der Waals surface area contributed by atoms with E-state index >= 15 is 0 Å². The first-order chi connectivity index (χ1) is 10.3. The maximum atomic E-state index is 5.71. The van der Waals surface area contributed by atoms with E-state index < -0.39 is 0 Å². The summed E-state index contributed by atoms with van der Waals surface area (Å²) in [5.74, 6) is 2.10. The first-order valence-electron chi connectivity index (χ1n) is 7.64. The van der Waals surface area contributed by atoms with Gasteiger partial charge in [0.2, 0.25) is 5.89 Å². The van der Waals surface area contributed by atoms with E-state index in [1.54, 1.807) is 0 Å². The molecule has 0 bridgehead atoms. The molecular weight excluding hydrogens is 264 g/mol. The van der Waals surface area contributed by atoms with Crippen molar-refractivity contribution in [1.29, 1.82) is 0 Å². The highest BCUT2D eigenvalue weighted by Gasteiger charge is 2.29. The first kappa shape index (κ1) is 14.2. The summed E-state index contributed by atoms with van der Waals surface area (Å²) in [5, 5.41) is 4.09. The Balaban J connectivity index is 1.55. The maximum absolute atomic E-state index is 5.71. The molecule has 2 N–H and O–H groups in total. The molecule has 5 heteroatoms. The molecular formula is C16H22N4O. The van der Waals surface area contributed by atoms with Crippen molar-refractivity contribution >= 4 is 0 Å². The summed E-state index contributed by atoms with van der Waals surface area (Å²) in [6.07, 6.45) is 3.37. The van der Waals surface area contributed by atoms with E-state index in [2.05, 4.69) is 39.3 Å². The maximum Gasteiger partial charge on any atom is 0.229 e. The molecule has 21 heavy (non-hydrogen) atoms. The number of rotatable bonds is 8. The highest BCUT2D eigenvalue weighted by Crippen LogP contribution is 2.38. The van der Waals surface area contributed by atoms with Gasteiger partial charge in [-0.05, 0) is 24.8 Å². The second-order valence-corrected chi connectivity index (χ2v) is 5.62. The molecule has 0 amide bonds. The zero-order chi connectivity index (χ0) is 14.5. The summed E-state index contributed by atoms with van der Waals surface area (Å²) >= 11 is 0. The van der Waals surface area contributed by atoms with Crippen molar-refractivity contribution in [3.63, 3.8) is 0 Å². The standard InChI is InChI=1S/C16H22N4O/c17-9-11-20(10-8-13-4-2-1-3-5-13)12-15-18-16(21-19-15)14-6-7-14/h1-5,14H,6-12,17H2. The van der Waals surface area contributed by atoms with Gasteiger partial charge in [0, 0.05) is 25.6 Å². The smallest absolute Gasteiger partial charge is 0.229 e. The monoisotopic (exact) mass is 286 g/mol. The van der Waals surface area contributed by atoms with Crippen LogP contribution in [0.15, 0.2) is 34.9 Å². The molecule has 5 nitrogen and oxygen atoms in total. The molecule has 1 aromatic carbocycles. The van der Waals surface area contributed by atoms with Crippen molar-refractivity contribution in [3.8, 4) is 0 Å². The van der Waals surface area contributed by atoms with Gasteiger partial charge in [0.25, 0.3) is 0 Å². The Bertz CT molecular complexity index is 550. The molecule has 2 aromatic rings. The van der Waals surface area contributed by atoms with Crippen molar-refractivity contribution in [2.75, 3.05) is 19.6 Å². The molecule has 0 spiro atoms. The Morgan fingerprint density at radius 1 is 1.19 bits per heavy atom. The highest BCUT2D eigenvalue weighted by molar-refractivity contribution is 5.14. The molecule has 1 aliphatic carbocycles. The van der Waals surface area contributed by atoms with Crippen molar-refractivity contribution in [2.45, 2.75) is 31.7 Å². The van der Waals surface area contributed by atoms with Crippen LogP contribution in [0.25, 0.3) is 0 Å². The number of hydrogen-bond acceptors (Lipinski definition) is 5. The molecule has 0 atom stereocenters. The lowest BCUT2D eigenvalue weighted by atomic mass is 10.1. The van der Waals surface area contributed by atoms with Crippen LogP contribution in [0.2, 0.25) is 0 Å². The highest BCUT2D eigenvalue weighted by atomic mass is 16.5. The van der Waals surface area contributed by atoms with Crippen molar-refractivity contribution < 1.29 is 4.52 Å². The number of benzene rings is 1. The van der Waals surface area contributed by atoms with Gasteiger partial charge in [0.05, 0.1) is 6.54 Å². The van der Waals surface area contributed by atoms with E-state index in [0.717, 1.165) is 31.2 Å². The third kappa shape index (κ3) is 4.12. The van der Waals surface area contributed by atoms with Crippen LogP contribution < -0.4 is 5.73 Å². The van der Waals surface area contributed by atoms with Crippen molar-refractivity contribution in [3.05, 3.63) is 47.6 Å². The van der Waals surface area contributed by atoms with Gasteiger partial charge in [-0.25, -0.2) is 0 Å². The molecule has 0 radical (unpaired) electrons. The minimum Gasteiger partial charge on any atom is -0.339 e. The topological polar surface area (TPSA) is 68.2 Å². The molecule has 3 rings (SSSR count). The lowest BCUT2D eigenvalue weighted by molar-refractivity contribution is 0.263. The van der Waals surface area contributed by atoms with Crippen LogP contribution in [0, 0.1) is 0 Å². The predicted molar refractivity (Wildman–Crippen MR) is 80.8 cm³/mol. The van der Waals surface area contributed by atoms with Gasteiger partial charge in [-0.1, -0.05) is 35.5 Å². The van der Waals surface area contributed by atoms with Gasteiger partial charge in [0.1, 0.15) is 0 Å². The minimum atomic E-state index is 0.513. The zero-order valence-electron chi connectivity index (χ0n) is 12.2. The van der Waals surface area contributed by atoms with Crippen LogP contribution in [-0.4, -0.2) is 34.7 Å². The fourth-order valence-electron chi connectivity index (χ4n) is 2.41. The van der Waals surface area contributed by atoms with E-state index in [-0.39, 0.29) is 0 Å². The van der Waals surface area contributed by atoms with Crippen LogP contribution in [0.5, 0.6) is 0 Å². The normalized spacial score (nSPS) is 14.8. The lowest BCUT2D eigenvalue weighted by Crippen LogP contribution is -2.31. The van der Waals surface area contributed by atoms with Gasteiger partial charge in [-0.2, -0.15) is 4.98 Å². The summed E-state index contributed by atoms with van der Waals surface area (Å²) in [7, 11) is 0. The van der Waals surface area contributed by atoms with Gasteiger partial charge < -0.3 is 10.3 Å². The molecule has 1 aromatic heterocycles. The van der Waals surface area contributed by atoms with E-state index in [4.69, 9.17) is 10.3 Å². The van der Waals surface area contributed by atoms with Gasteiger partial charge in [-0.3, -0.25) is 4.90 Å². The molecule has 1 aliphatic rings. The van der Waals surface area contributed by atoms with Crippen LogP contribution in [-0.2, 0) is 13.0 Å². The van der Waals surface area contributed by atoms with Crippen LogP contribution in [0.3, 0.4) is 0 Å². The average Bonchev–Trinajstić information content (AvgIpc) is 3.26. The van der Waals surface area contributed by atoms with Gasteiger partial charge >= 0.3 is 0 Å². The Morgan fingerprint density at radius 3 is 2.71 bits per heavy atom. The quantitative estimate of drug-likeness (QED) is 0.803. The number of hydrogen-bond donors (Lipinski definition) is 1. The molecule has 0 aliphatic heterocycles. The first-order valence-corrected chi connectivity index (χ1v) is 7.64. The molecule has 112 valence electrons. The molecule has 1 heterocycles. The zero-order valence-corrected chi connectivity index (χ0v) is 12.2. The summed E-state index contributed by atoms with van der Waals surface area (Å²) < 4.78 is 5.31. The molecule has 1 saturated carbocycles. The Kier molecular flexibility index (Phi) is 4.62. The lowest BCUT2D eigenvalue weighted by Gasteiger charge is -2.19. The Hall–Kier alpha value is -1.72. The van der Waals surface area contributed by atoms with E-state index in [9.17, 15) is 0 Å². The SMILES string of the molecule is NCCN(CCc1ccccc1)Cc1noc(C2CC2)n1. The molecule has 1 fully saturated rings. The van der Waals surface area contributed by atoms with E-state index in [1.807, 2.05) is 6.07 Å². The van der Waals surface area contributed by atoms with Crippen LogP contribution >= 0.6 is 0 Å². The largest absolute Gasteiger partial charge is 0.339 e. The summed E-state index contributed by atoms with van der Waals surface area (Å²) in [5.41, 5.74) is 7.05. The summed E-state index contributed by atoms with van der Waals surface area (Å²) in [4.78, 5) is 6.78. The third-order valence-corrected chi connectivity index (χ3v) is 3.78. The summed E-state index contributed by atoms with van der Waals surface area (Å²) in [6.45, 7) is 3.15. The van der Waals surface area contributed by atoms with Crippen molar-refractivity contribution in [2.24, 2.45) is 5.73 Å². The Labute approximate surface area is 125 Å². The van der Waals surface area contributed by atoms with Crippen molar-refractivity contribution in [1.82, 2.24) is 15.0 Å². The molecule has 0 unspecified atom stereocenters. The van der Waals surface area contributed by atoms with Crippen LogP contribution in [0.1, 0.15) is 36.0 Å². The third-order valence-electron chi connectivity index (χ3n) is 3.78. The van der Waals surface area contributed by atoms with E-state index in [1.165, 1.54) is 18.4 Å². The fraction of sp³-hybridized carbons (Fsp3) is 0.500. The average molecular weight is 286 g/mol. The van der Waals surface area contributed by atoms with E-state index in [0.29, 0.717) is 19.0 Å². The molecule has 0 saturated heterocycles. The van der Waals surface area contributed by atoms with Crippen LogP contribution in [0.4, 0.5) is 0 Å². The minimum absolute atomic E-state index is 0.513. The Morgan fingerprint density at radius 2 is 2.00 bits per heavy atom. The summed E-state index contributed by atoms with van der Waals surface area (Å²) in [6, 6.07) is 10.5. The van der Waals surface area contributed by atoms with Gasteiger partial charge in [-0.15, -0.1) is 0 Å². The second-order valence-electron chi connectivity index (χ2n) is 5.62. The second kappa shape index (κ2) is 6.83. The number of aromatic nitrogens is 2. The number of nitrogens with two attached hydrogens (primary N) is 1. The fourth-order valence-corrected chi connectivity index (χ4v) is 2.41. The number of nitrogens with zero attached hydrogens (tertiary/aromatic N) is 3.